The Morgan fingerprint density at radius 2 is 1.76 bits per heavy atom. The zero-order valence-electron chi connectivity index (χ0n) is 21.0. The zero-order valence-corrected chi connectivity index (χ0v) is 22.5. The third-order valence-corrected chi connectivity index (χ3v) is 9.68. The number of hydrogen-bond donors (Lipinski definition) is 2. The van der Waals surface area contributed by atoms with Crippen LogP contribution < -0.4 is 5.32 Å². The predicted octanol–water partition coefficient (Wildman–Crippen LogP) is 4.22. The number of halogens is 1. The van der Waals surface area contributed by atoms with Crippen LogP contribution in [-0.2, 0) is 34.1 Å². The van der Waals surface area contributed by atoms with Crippen molar-refractivity contribution in [3.63, 3.8) is 0 Å². The van der Waals surface area contributed by atoms with Gasteiger partial charge in [0.15, 0.2) is 0 Å². The van der Waals surface area contributed by atoms with Crippen molar-refractivity contribution in [2.75, 3.05) is 19.6 Å². The normalized spacial score (nSPS) is 16.8. The van der Waals surface area contributed by atoms with Gasteiger partial charge in [0.25, 0.3) is 0 Å². The Hall–Kier alpha value is -3.01. The highest BCUT2D eigenvalue weighted by molar-refractivity contribution is 7.89. The smallest absolute Gasteiger partial charge is 0.336 e. The summed E-state index contributed by atoms with van der Waals surface area (Å²) in [6, 6.07) is 12.0. The second kappa shape index (κ2) is 11.0. The summed E-state index contributed by atoms with van der Waals surface area (Å²) >= 11 is 5.91. The molecule has 200 valence electrons. The Labute approximate surface area is 227 Å². The summed E-state index contributed by atoms with van der Waals surface area (Å²) < 4.78 is 28.3. The number of carboxylic acid groups (broad SMARTS) is 1. The van der Waals surface area contributed by atoms with Gasteiger partial charge in [-0.2, -0.15) is 4.31 Å². The number of carboxylic acids is 1. The molecule has 10 heteroatoms. The molecule has 1 aromatic heterocycles. The number of aryl methyl sites for hydroxylation is 1. The quantitative estimate of drug-likeness (QED) is 0.451. The molecule has 3 aromatic rings. The van der Waals surface area contributed by atoms with Gasteiger partial charge in [0.1, 0.15) is 0 Å². The highest BCUT2D eigenvalue weighted by atomic mass is 35.5. The van der Waals surface area contributed by atoms with E-state index in [1.165, 1.54) is 16.4 Å². The molecular weight excluding hydrogens is 526 g/mol. The molecule has 0 radical (unpaired) electrons. The highest BCUT2D eigenvalue weighted by Crippen LogP contribution is 2.32. The fourth-order valence-corrected chi connectivity index (χ4v) is 7.06. The molecule has 1 saturated heterocycles. The first-order valence-electron chi connectivity index (χ1n) is 12.9. The minimum absolute atomic E-state index is 0.0518. The van der Waals surface area contributed by atoms with E-state index in [-0.39, 0.29) is 35.4 Å². The summed E-state index contributed by atoms with van der Waals surface area (Å²) in [5.74, 6) is -1.38. The molecule has 2 N–H and O–H groups in total. The van der Waals surface area contributed by atoms with Crippen LogP contribution in [0, 0.1) is 5.92 Å². The lowest BCUT2D eigenvalue weighted by molar-refractivity contribution is -0.126. The van der Waals surface area contributed by atoms with Gasteiger partial charge in [0.2, 0.25) is 15.9 Å². The van der Waals surface area contributed by atoms with E-state index in [4.69, 9.17) is 11.6 Å². The average Bonchev–Trinajstić information content (AvgIpc) is 2.92. The summed E-state index contributed by atoms with van der Waals surface area (Å²) in [6.45, 7) is 0.952. The van der Waals surface area contributed by atoms with Gasteiger partial charge in [0.05, 0.1) is 16.0 Å². The SMILES string of the molecule is O=C(O)c1c2c(nc3ccc(S(=O)(=O)N4CCC(C(=O)NCCc5ccc(Cl)cc5)CC4)cc13)CCCC2. The lowest BCUT2D eigenvalue weighted by atomic mass is 9.90. The number of nitrogens with one attached hydrogen (secondary N) is 1. The number of nitrogens with zero attached hydrogens (tertiary/aromatic N) is 2. The van der Waals surface area contributed by atoms with E-state index in [1.54, 1.807) is 6.07 Å². The second-order valence-corrected chi connectivity index (χ2v) is 12.3. The summed E-state index contributed by atoms with van der Waals surface area (Å²) in [7, 11) is -3.85. The lowest BCUT2D eigenvalue weighted by Gasteiger charge is -2.30. The Morgan fingerprint density at radius 1 is 1.05 bits per heavy atom. The maximum Gasteiger partial charge on any atom is 0.336 e. The molecule has 2 aromatic carbocycles. The highest BCUT2D eigenvalue weighted by Gasteiger charge is 2.33. The second-order valence-electron chi connectivity index (χ2n) is 9.95. The molecule has 1 aliphatic carbocycles. The van der Waals surface area contributed by atoms with Gasteiger partial charge in [-0.05, 0) is 86.4 Å². The van der Waals surface area contributed by atoms with Crippen LogP contribution in [0.4, 0.5) is 0 Å². The molecule has 1 amide bonds. The van der Waals surface area contributed by atoms with Crippen LogP contribution >= 0.6 is 11.6 Å². The first kappa shape index (κ1) is 26.6. The van der Waals surface area contributed by atoms with Gasteiger partial charge in [-0.3, -0.25) is 9.78 Å². The predicted molar refractivity (Wildman–Crippen MR) is 145 cm³/mol. The number of sulfonamides is 1. The summed E-state index contributed by atoms with van der Waals surface area (Å²) in [5.41, 5.74) is 3.25. The van der Waals surface area contributed by atoms with Crippen LogP contribution in [0.25, 0.3) is 10.9 Å². The third kappa shape index (κ3) is 5.41. The number of carbonyl (C=O) groups excluding carboxylic acids is 1. The van der Waals surface area contributed by atoms with E-state index in [0.29, 0.717) is 53.7 Å². The van der Waals surface area contributed by atoms with E-state index in [1.807, 2.05) is 24.3 Å². The van der Waals surface area contributed by atoms with Crippen LogP contribution in [0.3, 0.4) is 0 Å². The van der Waals surface area contributed by atoms with Gasteiger partial charge in [-0.1, -0.05) is 23.7 Å². The fourth-order valence-electron chi connectivity index (χ4n) is 5.44. The molecule has 0 atom stereocenters. The number of hydrogen-bond acceptors (Lipinski definition) is 5. The Bertz CT molecular complexity index is 1480. The molecule has 1 aliphatic heterocycles. The first-order chi connectivity index (χ1) is 18.2. The zero-order chi connectivity index (χ0) is 26.9. The van der Waals surface area contributed by atoms with Crippen molar-refractivity contribution in [3.05, 3.63) is 69.9 Å². The standard InChI is InChI=1S/C28H30ClN3O5S/c29-20-7-5-18(6-8-20)11-14-30-27(33)19-12-15-32(16-13-19)38(36,37)21-9-10-25-23(17-21)26(28(34)35)22-3-1-2-4-24(22)31-25/h5-10,17,19H,1-4,11-16H2,(H,30,33)(H,34,35). The molecule has 0 saturated carbocycles. The van der Waals surface area contributed by atoms with Crippen molar-refractivity contribution in [1.29, 1.82) is 0 Å². The third-order valence-electron chi connectivity index (χ3n) is 7.54. The van der Waals surface area contributed by atoms with Crippen LogP contribution in [0.2, 0.25) is 5.02 Å². The van der Waals surface area contributed by atoms with Crippen molar-refractivity contribution in [3.8, 4) is 0 Å². The van der Waals surface area contributed by atoms with Crippen LogP contribution in [-0.4, -0.2) is 54.3 Å². The van der Waals surface area contributed by atoms with Gasteiger partial charge >= 0.3 is 5.97 Å². The Balaban J connectivity index is 1.26. The van der Waals surface area contributed by atoms with E-state index >= 15 is 0 Å². The van der Waals surface area contributed by atoms with Crippen LogP contribution in [0.15, 0.2) is 47.4 Å². The monoisotopic (exact) mass is 555 g/mol. The largest absolute Gasteiger partial charge is 0.478 e. The molecule has 5 rings (SSSR count). The molecular formula is C28H30ClN3O5S. The fraction of sp³-hybridized carbons (Fsp3) is 0.393. The minimum Gasteiger partial charge on any atom is -0.478 e. The number of piperidine rings is 1. The molecule has 2 heterocycles. The van der Waals surface area contributed by atoms with Gasteiger partial charge in [0, 0.05) is 41.7 Å². The van der Waals surface area contributed by atoms with Crippen molar-refractivity contribution in [2.24, 2.45) is 5.92 Å². The van der Waals surface area contributed by atoms with Gasteiger partial charge in [-0.25, -0.2) is 13.2 Å². The van der Waals surface area contributed by atoms with Crippen molar-refractivity contribution < 1.29 is 23.1 Å². The molecule has 0 unspecified atom stereocenters. The molecule has 38 heavy (non-hydrogen) atoms. The topological polar surface area (TPSA) is 117 Å². The maximum atomic E-state index is 13.5. The van der Waals surface area contributed by atoms with Gasteiger partial charge in [-0.15, -0.1) is 0 Å². The molecule has 0 bridgehead atoms. The molecule has 0 spiro atoms. The number of carbonyl (C=O) groups is 2. The number of rotatable bonds is 7. The number of pyridine rings is 1. The number of aromatic carboxylic acids is 1. The minimum atomic E-state index is -3.85. The first-order valence-corrected chi connectivity index (χ1v) is 14.8. The number of aromatic nitrogens is 1. The van der Waals surface area contributed by atoms with Crippen molar-refractivity contribution in [2.45, 2.75) is 49.8 Å². The van der Waals surface area contributed by atoms with E-state index in [2.05, 4.69) is 10.3 Å². The lowest BCUT2D eigenvalue weighted by Crippen LogP contribution is -2.43. The van der Waals surface area contributed by atoms with E-state index in [9.17, 15) is 23.1 Å². The Morgan fingerprint density at radius 3 is 2.47 bits per heavy atom. The number of fused-ring (bicyclic) bond motifs is 2. The number of benzene rings is 2. The van der Waals surface area contributed by atoms with Crippen LogP contribution in [0.1, 0.15) is 52.9 Å². The maximum absolute atomic E-state index is 13.5. The van der Waals surface area contributed by atoms with Crippen LogP contribution in [0.5, 0.6) is 0 Å². The van der Waals surface area contributed by atoms with Gasteiger partial charge < -0.3 is 10.4 Å². The molecule has 8 nitrogen and oxygen atoms in total. The average molecular weight is 556 g/mol. The van der Waals surface area contributed by atoms with Crippen molar-refractivity contribution in [1.82, 2.24) is 14.6 Å². The Kier molecular flexibility index (Phi) is 7.70. The molecule has 2 aliphatic rings. The summed E-state index contributed by atoms with van der Waals surface area (Å²) in [4.78, 5) is 29.6. The molecule has 1 fully saturated rings. The number of amides is 1. The van der Waals surface area contributed by atoms with E-state index < -0.39 is 16.0 Å². The summed E-state index contributed by atoms with van der Waals surface area (Å²) in [6.07, 6.45) is 4.76. The van der Waals surface area contributed by atoms with Crippen molar-refractivity contribution >= 4 is 44.4 Å². The summed E-state index contributed by atoms with van der Waals surface area (Å²) in [5, 5.41) is 14.0. The van der Waals surface area contributed by atoms with E-state index in [0.717, 1.165) is 30.5 Å².